The summed E-state index contributed by atoms with van der Waals surface area (Å²) >= 11 is 0. The lowest BCUT2D eigenvalue weighted by Crippen LogP contribution is -2.37. The molecule has 1 saturated heterocycles. The molecule has 0 saturated carbocycles. The van der Waals surface area contributed by atoms with E-state index in [0.717, 1.165) is 38.0 Å². The van der Waals surface area contributed by atoms with Crippen molar-refractivity contribution in [3.8, 4) is 0 Å². The summed E-state index contributed by atoms with van der Waals surface area (Å²) in [5, 5.41) is 0. The predicted molar refractivity (Wildman–Crippen MR) is 117 cm³/mol. The molecule has 0 amide bonds. The van der Waals surface area contributed by atoms with Crippen molar-refractivity contribution < 1.29 is 8.42 Å². The van der Waals surface area contributed by atoms with Gasteiger partial charge >= 0.3 is 5.69 Å². The Labute approximate surface area is 177 Å². The zero-order chi connectivity index (χ0) is 21.1. The summed E-state index contributed by atoms with van der Waals surface area (Å²) in [5.41, 5.74) is 2.21. The first-order chi connectivity index (χ1) is 14.4. The Balaban J connectivity index is 1.38. The van der Waals surface area contributed by atoms with Gasteiger partial charge in [0, 0.05) is 44.3 Å². The van der Waals surface area contributed by atoms with Crippen molar-refractivity contribution in [3.05, 3.63) is 88.6 Å². The largest absolute Gasteiger partial charge is 0.328 e. The summed E-state index contributed by atoms with van der Waals surface area (Å²) < 4.78 is 26.7. The molecule has 0 radical (unpaired) electrons. The number of imidazole rings is 1. The third kappa shape index (κ3) is 4.74. The monoisotopic (exact) mass is 425 g/mol. The number of likely N-dealkylation sites (tertiary alicyclic amines) is 1. The maximum Gasteiger partial charge on any atom is 0.328 e. The van der Waals surface area contributed by atoms with Gasteiger partial charge in [0.2, 0.25) is 0 Å². The number of hydrogen-bond donors (Lipinski definition) is 0. The summed E-state index contributed by atoms with van der Waals surface area (Å²) in [7, 11) is -3.21. The third-order valence-electron chi connectivity index (χ3n) is 5.78. The molecule has 0 atom stereocenters. The molecule has 6 nitrogen and oxygen atoms in total. The van der Waals surface area contributed by atoms with E-state index in [1.807, 2.05) is 23.0 Å². The smallest absolute Gasteiger partial charge is 0.299 e. The highest BCUT2D eigenvalue weighted by Gasteiger charge is 2.22. The minimum atomic E-state index is -3.21. The quantitative estimate of drug-likeness (QED) is 0.609. The van der Waals surface area contributed by atoms with Gasteiger partial charge in [-0.3, -0.25) is 14.0 Å². The van der Waals surface area contributed by atoms with E-state index in [9.17, 15) is 13.2 Å². The molecule has 3 aromatic rings. The van der Waals surface area contributed by atoms with Gasteiger partial charge in [-0.1, -0.05) is 42.5 Å². The van der Waals surface area contributed by atoms with Crippen molar-refractivity contribution in [2.75, 3.05) is 19.3 Å². The molecule has 0 bridgehead atoms. The second kappa shape index (κ2) is 8.62. The number of aromatic nitrogens is 2. The molecule has 1 aliphatic rings. The Morgan fingerprint density at radius 3 is 2.13 bits per heavy atom. The van der Waals surface area contributed by atoms with E-state index in [-0.39, 0.29) is 11.7 Å². The number of benzene rings is 2. The molecule has 0 aliphatic carbocycles. The van der Waals surface area contributed by atoms with Gasteiger partial charge < -0.3 is 0 Å². The lowest BCUT2D eigenvalue weighted by Gasteiger charge is -2.32. The van der Waals surface area contributed by atoms with E-state index in [0.29, 0.717) is 11.4 Å². The SMILES string of the molecule is CS(=O)(=O)c1ccc(Cn2ccn(C3CCN(Cc4ccccc4)CC3)c2=O)cc1. The van der Waals surface area contributed by atoms with Gasteiger partial charge in [0.15, 0.2) is 9.84 Å². The van der Waals surface area contributed by atoms with E-state index in [4.69, 9.17) is 0 Å². The van der Waals surface area contributed by atoms with Gasteiger partial charge in [-0.25, -0.2) is 13.2 Å². The number of piperidine rings is 1. The first-order valence-electron chi connectivity index (χ1n) is 10.2. The fraction of sp³-hybridized carbons (Fsp3) is 0.348. The van der Waals surface area contributed by atoms with Crippen LogP contribution in [0, 0.1) is 0 Å². The van der Waals surface area contributed by atoms with Gasteiger partial charge in [0.25, 0.3) is 0 Å². The molecule has 0 unspecified atom stereocenters. The predicted octanol–water partition coefficient (Wildman–Crippen LogP) is 2.94. The van der Waals surface area contributed by atoms with Crippen LogP contribution in [0.5, 0.6) is 0 Å². The van der Waals surface area contributed by atoms with Crippen molar-refractivity contribution in [1.82, 2.24) is 14.0 Å². The highest BCUT2D eigenvalue weighted by atomic mass is 32.2. The summed E-state index contributed by atoms with van der Waals surface area (Å²) in [6.45, 7) is 3.34. The van der Waals surface area contributed by atoms with Crippen molar-refractivity contribution in [1.29, 1.82) is 0 Å². The Kier molecular flexibility index (Phi) is 5.92. The van der Waals surface area contributed by atoms with Crippen LogP contribution >= 0.6 is 0 Å². The van der Waals surface area contributed by atoms with Crippen molar-refractivity contribution >= 4 is 9.84 Å². The van der Waals surface area contributed by atoms with Crippen LogP contribution in [0.2, 0.25) is 0 Å². The van der Waals surface area contributed by atoms with Gasteiger partial charge in [-0.05, 0) is 36.1 Å². The van der Waals surface area contributed by atoms with Gasteiger partial charge in [0.05, 0.1) is 11.4 Å². The molecule has 2 aromatic carbocycles. The molecule has 4 rings (SSSR count). The summed E-state index contributed by atoms with van der Waals surface area (Å²) in [6.07, 6.45) is 6.81. The summed E-state index contributed by atoms with van der Waals surface area (Å²) in [4.78, 5) is 15.6. The maximum absolute atomic E-state index is 12.9. The normalized spacial score (nSPS) is 16.0. The van der Waals surface area contributed by atoms with Crippen LogP contribution < -0.4 is 5.69 Å². The molecule has 7 heteroatoms. The summed E-state index contributed by atoms with van der Waals surface area (Å²) in [5.74, 6) is 0. The van der Waals surface area contributed by atoms with Crippen molar-refractivity contribution in [2.45, 2.75) is 36.9 Å². The van der Waals surface area contributed by atoms with E-state index < -0.39 is 9.84 Å². The average Bonchev–Trinajstić information content (AvgIpc) is 3.09. The first kappa shape index (κ1) is 20.6. The molecule has 0 N–H and O–H groups in total. The van der Waals surface area contributed by atoms with Crippen molar-refractivity contribution in [2.24, 2.45) is 0 Å². The fourth-order valence-corrected chi connectivity index (χ4v) is 4.69. The number of nitrogens with zero attached hydrogens (tertiary/aromatic N) is 3. The number of hydrogen-bond acceptors (Lipinski definition) is 4. The highest BCUT2D eigenvalue weighted by Crippen LogP contribution is 2.22. The Hall–Kier alpha value is -2.64. The minimum absolute atomic E-state index is 0.0105. The van der Waals surface area contributed by atoms with Gasteiger partial charge in [-0.15, -0.1) is 0 Å². The third-order valence-corrected chi connectivity index (χ3v) is 6.91. The molecule has 1 aromatic heterocycles. The molecule has 0 spiro atoms. The summed E-state index contributed by atoms with van der Waals surface area (Å²) in [6, 6.07) is 17.4. The Bertz CT molecular complexity index is 1140. The lowest BCUT2D eigenvalue weighted by atomic mass is 10.0. The van der Waals surface area contributed by atoms with E-state index in [1.165, 1.54) is 11.8 Å². The lowest BCUT2D eigenvalue weighted by molar-refractivity contribution is 0.177. The highest BCUT2D eigenvalue weighted by molar-refractivity contribution is 7.90. The first-order valence-corrected chi connectivity index (χ1v) is 12.1. The molecule has 1 fully saturated rings. The number of rotatable bonds is 6. The van der Waals surface area contributed by atoms with Crippen LogP contribution in [-0.2, 0) is 22.9 Å². The van der Waals surface area contributed by atoms with Crippen LogP contribution in [0.25, 0.3) is 0 Å². The molecule has 1 aliphatic heterocycles. The molecular weight excluding hydrogens is 398 g/mol. The molecular formula is C23H27N3O3S. The Morgan fingerprint density at radius 1 is 0.867 bits per heavy atom. The number of sulfone groups is 1. The standard InChI is InChI=1S/C23H27N3O3S/c1-30(28,29)22-9-7-20(8-10-22)18-25-15-16-26(23(25)27)21-11-13-24(14-12-21)17-19-5-3-2-4-6-19/h2-10,15-16,21H,11-14,17-18H2,1H3. The minimum Gasteiger partial charge on any atom is -0.299 e. The van der Waals surface area contributed by atoms with Crippen LogP contribution in [0.1, 0.15) is 30.0 Å². The second-order valence-electron chi connectivity index (χ2n) is 8.02. The van der Waals surface area contributed by atoms with E-state index in [2.05, 4.69) is 29.2 Å². The Morgan fingerprint density at radius 2 is 1.50 bits per heavy atom. The molecule has 30 heavy (non-hydrogen) atoms. The molecule has 158 valence electrons. The van der Waals surface area contributed by atoms with Crippen LogP contribution in [0.3, 0.4) is 0 Å². The zero-order valence-electron chi connectivity index (χ0n) is 17.1. The van der Waals surface area contributed by atoms with E-state index >= 15 is 0 Å². The van der Waals surface area contributed by atoms with Gasteiger partial charge in [0.1, 0.15) is 0 Å². The van der Waals surface area contributed by atoms with Crippen molar-refractivity contribution in [3.63, 3.8) is 0 Å². The van der Waals surface area contributed by atoms with Crippen LogP contribution in [0.4, 0.5) is 0 Å². The fourth-order valence-electron chi connectivity index (χ4n) is 4.06. The van der Waals surface area contributed by atoms with E-state index in [1.54, 1.807) is 28.8 Å². The average molecular weight is 426 g/mol. The molecule has 2 heterocycles. The second-order valence-corrected chi connectivity index (χ2v) is 10.0. The van der Waals surface area contributed by atoms with Crippen LogP contribution in [0.15, 0.2) is 76.7 Å². The van der Waals surface area contributed by atoms with Gasteiger partial charge in [-0.2, -0.15) is 0 Å². The maximum atomic E-state index is 12.9. The van der Waals surface area contributed by atoms with Crippen LogP contribution in [-0.4, -0.2) is 41.8 Å². The zero-order valence-corrected chi connectivity index (χ0v) is 18.0. The topological polar surface area (TPSA) is 64.3 Å².